The van der Waals surface area contributed by atoms with Crippen LogP contribution in [0.3, 0.4) is 0 Å². The summed E-state index contributed by atoms with van der Waals surface area (Å²) in [5.41, 5.74) is 0.956. The van der Waals surface area contributed by atoms with Gasteiger partial charge in [-0.2, -0.15) is 0 Å². The van der Waals surface area contributed by atoms with Gasteiger partial charge in [-0.25, -0.2) is 18.4 Å². The van der Waals surface area contributed by atoms with Crippen molar-refractivity contribution in [2.24, 2.45) is 0 Å². The lowest BCUT2D eigenvalue weighted by Crippen LogP contribution is -2.13. The van der Waals surface area contributed by atoms with E-state index >= 15 is 0 Å². The predicted molar refractivity (Wildman–Crippen MR) is 85.7 cm³/mol. The molecule has 0 unspecified atom stereocenters. The summed E-state index contributed by atoms with van der Waals surface area (Å²) in [6.45, 7) is 3.07. The Kier molecular flexibility index (Phi) is 5.26. The molecule has 2 aromatic heterocycles. The van der Waals surface area contributed by atoms with E-state index in [9.17, 15) is 8.42 Å². The first kappa shape index (κ1) is 16.2. The predicted octanol–water partition coefficient (Wildman–Crippen LogP) is 1.50. The molecule has 2 rings (SSSR count). The molecule has 7 nitrogen and oxygen atoms in total. The number of aryl methyl sites for hydroxylation is 1. The molecule has 0 fully saturated rings. The lowest BCUT2D eigenvalue weighted by Gasteiger charge is -2.10. The molecule has 0 bridgehead atoms. The SMILES string of the molecule is Cc1ncc(S(C)(=O)=O)c(NCCCNc2cccnc2)n1. The molecule has 0 radical (unpaired) electrons. The van der Waals surface area contributed by atoms with Crippen molar-refractivity contribution in [3.05, 3.63) is 36.5 Å². The van der Waals surface area contributed by atoms with Crippen LogP contribution in [0.5, 0.6) is 0 Å². The zero-order valence-electron chi connectivity index (χ0n) is 12.6. The second-order valence-electron chi connectivity index (χ2n) is 4.85. The molecule has 0 amide bonds. The maximum Gasteiger partial charge on any atom is 0.180 e. The normalized spacial score (nSPS) is 11.2. The van der Waals surface area contributed by atoms with E-state index in [0.717, 1.165) is 24.9 Å². The van der Waals surface area contributed by atoms with Crippen LogP contribution in [0.2, 0.25) is 0 Å². The molecule has 118 valence electrons. The first-order chi connectivity index (χ1) is 10.5. The van der Waals surface area contributed by atoms with E-state index in [1.165, 1.54) is 6.20 Å². The van der Waals surface area contributed by atoms with Gasteiger partial charge >= 0.3 is 0 Å². The van der Waals surface area contributed by atoms with Crippen molar-refractivity contribution < 1.29 is 8.42 Å². The highest BCUT2D eigenvalue weighted by Gasteiger charge is 2.15. The molecule has 0 aliphatic rings. The lowest BCUT2D eigenvalue weighted by molar-refractivity contribution is 0.601. The van der Waals surface area contributed by atoms with Gasteiger partial charge in [0.15, 0.2) is 9.84 Å². The second-order valence-corrected chi connectivity index (χ2v) is 6.84. The topological polar surface area (TPSA) is 96.9 Å². The zero-order chi connectivity index (χ0) is 16.0. The fourth-order valence-corrected chi connectivity index (χ4v) is 2.57. The van der Waals surface area contributed by atoms with Crippen LogP contribution >= 0.6 is 0 Å². The van der Waals surface area contributed by atoms with E-state index in [-0.39, 0.29) is 4.90 Å². The molecule has 0 aliphatic carbocycles. The number of sulfone groups is 1. The van der Waals surface area contributed by atoms with Gasteiger partial charge in [0.1, 0.15) is 16.5 Å². The summed E-state index contributed by atoms with van der Waals surface area (Å²) in [6, 6.07) is 3.80. The highest BCUT2D eigenvalue weighted by molar-refractivity contribution is 7.90. The Morgan fingerprint density at radius 3 is 2.64 bits per heavy atom. The van der Waals surface area contributed by atoms with Gasteiger partial charge in [0, 0.05) is 31.7 Å². The number of anilines is 2. The molecule has 0 aromatic carbocycles. The van der Waals surface area contributed by atoms with Crippen molar-refractivity contribution >= 4 is 21.3 Å². The first-order valence-corrected chi connectivity index (χ1v) is 8.77. The Morgan fingerprint density at radius 1 is 1.18 bits per heavy atom. The lowest BCUT2D eigenvalue weighted by atomic mass is 10.3. The van der Waals surface area contributed by atoms with Gasteiger partial charge in [-0.3, -0.25) is 4.98 Å². The van der Waals surface area contributed by atoms with Gasteiger partial charge in [0.25, 0.3) is 0 Å². The molecule has 0 aliphatic heterocycles. The Hall–Kier alpha value is -2.22. The Morgan fingerprint density at radius 2 is 1.95 bits per heavy atom. The van der Waals surface area contributed by atoms with Crippen LogP contribution in [0, 0.1) is 6.92 Å². The van der Waals surface area contributed by atoms with Crippen LogP contribution in [0.4, 0.5) is 11.5 Å². The van der Waals surface area contributed by atoms with Crippen LogP contribution in [-0.2, 0) is 9.84 Å². The van der Waals surface area contributed by atoms with Crippen molar-refractivity contribution in [2.45, 2.75) is 18.2 Å². The number of hydrogen-bond donors (Lipinski definition) is 2. The molecule has 0 atom stereocenters. The minimum absolute atomic E-state index is 0.123. The van der Waals surface area contributed by atoms with E-state index in [1.54, 1.807) is 19.3 Å². The van der Waals surface area contributed by atoms with Crippen molar-refractivity contribution in [3.63, 3.8) is 0 Å². The minimum Gasteiger partial charge on any atom is -0.384 e. The molecule has 0 spiro atoms. The van der Waals surface area contributed by atoms with E-state index in [2.05, 4.69) is 25.6 Å². The minimum atomic E-state index is -3.35. The number of pyridine rings is 1. The number of hydrogen-bond acceptors (Lipinski definition) is 7. The number of nitrogens with one attached hydrogen (secondary N) is 2. The largest absolute Gasteiger partial charge is 0.384 e. The standard InChI is InChI=1S/C14H19N5O2S/c1-11-18-10-13(22(2,20)21)14(19-11)17-8-4-7-16-12-5-3-6-15-9-12/h3,5-6,9-10,16H,4,7-8H2,1-2H3,(H,17,18,19). The van der Waals surface area contributed by atoms with Crippen molar-refractivity contribution in [1.82, 2.24) is 15.0 Å². The van der Waals surface area contributed by atoms with Crippen molar-refractivity contribution in [1.29, 1.82) is 0 Å². The molecule has 22 heavy (non-hydrogen) atoms. The van der Waals surface area contributed by atoms with Crippen LogP contribution in [0.1, 0.15) is 12.2 Å². The van der Waals surface area contributed by atoms with E-state index in [4.69, 9.17) is 0 Å². The highest BCUT2D eigenvalue weighted by atomic mass is 32.2. The van der Waals surface area contributed by atoms with Gasteiger partial charge in [-0.05, 0) is 25.5 Å². The quantitative estimate of drug-likeness (QED) is 0.746. The van der Waals surface area contributed by atoms with Crippen LogP contribution in [0.25, 0.3) is 0 Å². The third kappa shape index (κ3) is 4.66. The average Bonchev–Trinajstić information content (AvgIpc) is 2.47. The molecule has 0 saturated carbocycles. The molecular formula is C14H19N5O2S. The zero-order valence-corrected chi connectivity index (χ0v) is 13.4. The summed E-state index contributed by atoms with van der Waals surface area (Å²) in [4.78, 5) is 12.2. The molecule has 2 N–H and O–H groups in total. The molecule has 0 saturated heterocycles. The van der Waals surface area contributed by atoms with Crippen LogP contribution in [-0.4, -0.2) is 42.7 Å². The Labute approximate surface area is 130 Å². The summed E-state index contributed by atoms with van der Waals surface area (Å²) in [7, 11) is -3.35. The van der Waals surface area contributed by atoms with Crippen molar-refractivity contribution in [2.75, 3.05) is 30.0 Å². The average molecular weight is 321 g/mol. The van der Waals surface area contributed by atoms with E-state index in [0.29, 0.717) is 18.2 Å². The smallest absolute Gasteiger partial charge is 0.180 e. The number of aromatic nitrogens is 3. The van der Waals surface area contributed by atoms with Gasteiger partial charge in [0.2, 0.25) is 0 Å². The third-order valence-electron chi connectivity index (χ3n) is 2.91. The first-order valence-electron chi connectivity index (χ1n) is 6.88. The number of rotatable bonds is 7. The molecule has 2 heterocycles. The van der Waals surface area contributed by atoms with Crippen LogP contribution in [0.15, 0.2) is 35.6 Å². The van der Waals surface area contributed by atoms with Gasteiger partial charge in [-0.1, -0.05) is 0 Å². The molecule has 8 heteroatoms. The van der Waals surface area contributed by atoms with Gasteiger partial charge < -0.3 is 10.6 Å². The fraction of sp³-hybridized carbons (Fsp3) is 0.357. The van der Waals surface area contributed by atoms with E-state index < -0.39 is 9.84 Å². The Balaban J connectivity index is 1.88. The summed E-state index contributed by atoms with van der Waals surface area (Å²) in [6.07, 6.45) is 6.77. The molecular weight excluding hydrogens is 302 g/mol. The van der Waals surface area contributed by atoms with Crippen LogP contribution < -0.4 is 10.6 Å². The summed E-state index contributed by atoms with van der Waals surface area (Å²) < 4.78 is 23.4. The summed E-state index contributed by atoms with van der Waals surface area (Å²) in [5, 5.41) is 6.29. The Bertz CT molecular complexity index is 719. The fourth-order valence-electron chi connectivity index (χ4n) is 1.85. The third-order valence-corrected chi connectivity index (χ3v) is 4.01. The van der Waals surface area contributed by atoms with E-state index in [1.807, 2.05) is 12.1 Å². The van der Waals surface area contributed by atoms with Gasteiger partial charge in [0.05, 0.1) is 11.9 Å². The monoisotopic (exact) mass is 321 g/mol. The molecule has 2 aromatic rings. The highest BCUT2D eigenvalue weighted by Crippen LogP contribution is 2.17. The maximum absolute atomic E-state index is 11.7. The van der Waals surface area contributed by atoms with Gasteiger partial charge in [-0.15, -0.1) is 0 Å². The summed E-state index contributed by atoms with van der Waals surface area (Å²) >= 11 is 0. The number of nitrogens with zero attached hydrogens (tertiary/aromatic N) is 3. The maximum atomic E-state index is 11.7. The van der Waals surface area contributed by atoms with Crippen molar-refractivity contribution in [3.8, 4) is 0 Å². The second kappa shape index (κ2) is 7.17. The summed E-state index contributed by atoms with van der Waals surface area (Å²) in [5.74, 6) is 0.889.